The summed E-state index contributed by atoms with van der Waals surface area (Å²) in [5.74, 6) is -0.792. The fourth-order valence-corrected chi connectivity index (χ4v) is 5.55. The van der Waals surface area contributed by atoms with Gasteiger partial charge in [0, 0.05) is 6.04 Å². The molecule has 4 unspecified atom stereocenters. The summed E-state index contributed by atoms with van der Waals surface area (Å²) in [6.45, 7) is 3.83. The first-order chi connectivity index (χ1) is 11.2. The van der Waals surface area contributed by atoms with Crippen molar-refractivity contribution in [1.82, 2.24) is 10.6 Å². The molecule has 0 aromatic heterocycles. The Balaban J connectivity index is 2.06. The largest absolute Gasteiger partial charge is 0.336 e. The highest BCUT2D eigenvalue weighted by Gasteiger charge is 2.61. The number of rotatable bonds is 5. The first-order valence-corrected chi connectivity index (χ1v) is 11.3. The lowest BCUT2D eigenvalue weighted by Gasteiger charge is -2.29. The van der Waals surface area contributed by atoms with Crippen molar-refractivity contribution in [2.45, 2.75) is 36.3 Å². The second-order valence-electron chi connectivity index (χ2n) is 7.03. The summed E-state index contributed by atoms with van der Waals surface area (Å²) in [5, 5.41) is 5.61. The first-order valence-electron chi connectivity index (χ1n) is 7.60. The van der Waals surface area contributed by atoms with E-state index in [4.69, 9.17) is 58.0 Å². The van der Waals surface area contributed by atoms with E-state index < -0.39 is 19.8 Å². The van der Waals surface area contributed by atoms with Crippen molar-refractivity contribution >= 4 is 73.7 Å². The minimum atomic E-state index is -3.10. The number of hydrogen-bond acceptors (Lipinski definition) is 4. The number of carbonyl (C=O) groups is 1. The molecule has 0 spiro atoms. The summed E-state index contributed by atoms with van der Waals surface area (Å²) in [6, 6.07) is -0.383. The summed E-state index contributed by atoms with van der Waals surface area (Å²) in [6.07, 6.45) is 1.00. The summed E-state index contributed by atoms with van der Waals surface area (Å²) < 4.78 is 21.4. The summed E-state index contributed by atoms with van der Waals surface area (Å²) in [7, 11) is -3.10. The molecule has 2 aliphatic rings. The molecule has 1 heterocycles. The Labute approximate surface area is 172 Å². The van der Waals surface area contributed by atoms with Crippen LogP contribution < -0.4 is 10.6 Å². The van der Waals surface area contributed by atoms with Gasteiger partial charge in [0.15, 0.2) is 9.84 Å². The maximum Gasteiger partial charge on any atom is 0.225 e. The zero-order valence-electron chi connectivity index (χ0n) is 13.5. The Bertz CT molecular complexity index is 670. The molecule has 0 bridgehead atoms. The molecule has 0 aromatic carbocycles. The molecule has 0 aromatic rings. The highest BCUT2D eigenvalue weighted by atomic mass is 35.6. The van der Waals surface area contributed by atoms with Crippen molar-refractivity contribution in [2.24, 2.45) is 17.3 Å². The minimum Gasteiger partial charge on any atom is -0.336 e. The molecule has 2 fully saturated rings. The van der Waals surface area contributed by atoms with Gasteiger partial charge < -0.3 is 5.32 Å². The van der Waals surface area contributed by atoms with Crippen LogP contribution in [0.4, 0.5) is 0 Å². The van der Waals surface area contributed by atoms with Gasteiger partial charge in [0.1, 0.15) is 10.7 Å². The molecule has 2 rings (SSSR count). The fourth-order valence-electron chi connectivity index (χ4n) is 3.24. The van der Waals surface area contributed by atoms with Gasteiger partial charge >= 0.3 is 0 Å². The van der Waals surface area contributed by atoms with Gasteiger partial charge in [0.2, 0.25) is 9.70 Å². The van der Waals surface area contributed by atoms with E-state index in [1.54, 1.807) is 6.08 Å². The molecule has 4 atom stereocenters. The van der Waals surface area contributed by atoms with E-state index in [2.05, 4.69) is 10.6 Å². The number of alkyl halides is 3. The molecule has 25 heavy (non-hydrogen) atoms. The summed E-state index contributed by atoms with van der Waals surface area (Å²) in [4.78, 5) is 12.6. The van der Waals surface area contributed by atoms with E-state index in [9.17, 15) is 13.2 Å². The molecule has 1 amide bonds. The van der Waals surface area contributed by atoms with Gasteiger partial charge in [-0.15, -0.1) is 0 Å². The third-order valence-corrected chi connectivity index (χ3v) is 7.42. The van der Waals surface area contributed by atoms with Crippen LogP contribution in [0.15, 0.2) is 10.6 Å². The highest BCUT2D eigenvalue weighted by Crippen LogP contribution is 2.59. The van der Waals surface area contributed by atoms with Gasteiger partial charge in [0.05, 0.1) is 17.4 Å². The Hall–Kier alpha value is 0.570. The molecule has 144 valence electrons. The van der Waals surface area contributed by atoms with Crippen LogP contribution in [0.25, 0.3) is 0 Å². The third kappa shape index (κ3) is 5.53. The van der Waals surface area contributed by atoms with Crippen LogP contribution in [-0.4, -0.2) is 41.8 Å². The molecule has 1 saturated carbocycles. The highest BCUT2D eigenvalue weighted by molar-refractivity contribution is 7.91. The van der Waals surface area contributed by atoms with Crippen molar-refractivity contribution in [3.8, 4) is 0 Å². The number of sulfone groups is 1. The van der Waals surface area contributed by atoms with Crippen LogP contribution in [0.1, 0.15) is 20.3 Å². The van der Waals surface area contributed by atoms with E-state index in [-0.39, 0.29) is 45.2 Å². The van der Waals surface area contributed by atoms with E-state index in [0.717, 1.165) is 0 Å². The summed E-state index contributed by atoms with van der Waals surface area (Å²) in [5.41, 5.74) is -0.325. The Kier molecular flexibility index (Phi) is 6.59. The van der Waals surface area contributed by atoms with Crippen LogP contribution >= 0.6 is 58.0 Å². The molecule has 1 aliphatic carbocycles. The van der Waals surface area contributed by atoms with Crippen LogP contribution in [0.5, 0.6) is 0 Å². The lowest BCUT2D eigenvalue weighted by Crippen LogP contribution is -2.57. The van der Waals surface area contributed by atoms with E-state index >= 15 is 0 Å². The fraction of sp³-hybridized carbons (Fsp3) is 0.786. The van der Waals surface area contributed by atoms with Crippen molar-refractivity contribution in [3.63, 3.8) is 0 Å². The number of carbonyl (C=O) groups excluding carboxylic acids is 1. The van der Waals surface area contributed by atoms with E-state index in [0.29, 0.717) is 6.42 Å². The SMILES string of the molecule is CC1(C)C(C=C(Cl)Cl)C1C(=O)NC(NC1CCS(=O)(=O)C1)C(Cl)(Cl)Cl. The monoisotopic (exact) mass is 470 g/mol. The van der Waals surface area contributed by atoms with Crippen molar-refractivity contribution in [1.29, 1.82) is 0 Å². The minimum absolute atomic E-state index is 0.0533. The Morgan fingerprint density at radius 3 is 2.32 bits per heavy atom. The van der Waals surface area contributed by atoms with Gasteiger partial charge in [0.25, 0.3) is 0 Å². The van der Waals surface area contributed by atoms with Gasteiger partial charge in [-0.25, -0.2) is 8.42 Å². The van der Waals surface area contributed by atoms with Gasteiger partial charge in [-0.3, -0.25) is 10.1 Å². The molecule has 1 saturated heterocycles. The topological polar surface area (TPSA) is 75.3 Å². The van der Waals surface area contributed by atoms with Crippen LogP contribution in [0, 0.1) is 17.3 Å². The van der Waals surface area contributed by atoms with Crippen LogP contribution in [-0.2, 0) is 14.6 Å². The van der Waals surface area contributed by atoms with Gasteiger partial charge in [-0.1, -0.05) is 71.9 Å². The van der Waals surface area contributed by atoms with Gasteiger partial charge in [-0.05, 0) is 23.8 Å². The number of halogens is 5. The molecule has 5 nitrogen and oxygen atoms in total. The lowest BCUT2D eigenvalue weighted by atomic mass is 10.1. The second-order valence-corrected chi connectivity index (χ2v) is 12.6. The van der Waals surface area contributed by atoms with E-state index in [1.807, 2.05) is 13.8 Å². The predicted molar refractivity (Wildman–Crippen MR) is 103 cm³/mol. The predicted octanol–water partition coefficient (Wildman–Crippen LogP) is 3.17. The standard InChI is InChI=1S/C14H19Cl5N2O3S/c1-13(2)8(5-9(15)16)10(13)11(22)21-12(14(17,18)19)20-7-3-4-25(23,24)6-7/h5,7-8,10,12,20H,3-4,6H2,1-2H3,(H,21,22). The summed E-state index contributed by atoms with van der Waals surface area (Å²) >= 11 is 29.3. The maximum absolute atomic E-state index is 12.6. The van der Waals surface area contributed by atoms with Crippen molar-refractivity contribution < 1.29 is 13.2 Å². The zero-order chi connectivity index (χ0) is 19.2. The number of nitrogens with one attached hydrogen (secondary N) is 2. The number of hydrogen-bond donors (Lipinski definition) is 2. The molecule has 11 heteroatoms. The first kappa shape index (κ1) is 21.9. The quantitative estimate of drug-likeness (QED) is 0.476. The normalized spacial score (nSPS) is 31.2. The third-order valence-electron chi connectivity index (χ3n) is 4.75. The second kappa shape index (κ2) is 7.53. The number of allylic oxidation sites excluding steroid dienone is 1. The van der Waals surface area contributed by atoms with Crippen LogP contribution in [0.3, 0.4) is 0 Å². The molecule has 0 radical (unpaired) electrons. The Morgan fingerprint density at radius 1 is 1.28 bits per heavy atom. The van der Waals surface area contributed by atoms with Crippen molar-refractivity contribution in [3.05, 3.63) is 10.6 Å². The average Bonchev–Trinajstić information content (AvgIpc) is 2.75. The Morgan fingerprint density at radius 2 is 1.88 bits per heavy atom. The average molecular weight is 473 g/mol. The lowest BCUT2D eigenvalue weighted by molar-refractivity contribution is -0.124. The molecule has 2 N–H and O–H groups in total. The van der Waals surface area contributed by atoms with Crippen LogP contribution in [0.2, 0.25) is 0 Å². The molecular weight excluding hydrogens is 453 g/mol. The molecular formula is C14H19Cl5N2O3S. The molecule has 1 aliphatic heterocycles. The number of amides is 1. The van der Waals surface area contributed by atoms with E-state index in [1.165, 1.54) is 0 Å². The van der Waals surface area contributed by atoms with Crippen molar-refractivity contribution in [2.75, 3.05) is 11.5 Å². The smallest absolute Gasteiger partial charge is 0.225 e. The maximum atomic E-state index is 12.6. The van der Waals surface area contributed by atoms with Gasteiger partial charge in [-0.2, -0.15) is 0 Å². The zero-order valence-corrected chi connectivity index (χ0v) is 18.1.